The second-order valence-electron chi connectivity index (χ2n) is 3.01. The topological polar surface area (TPSA) is 63.3 Å². The Morgan fingerprint density at radius 2 is 2.15 bits per heavy atom. The summed E-state index contributed by atoms with van der Waals surface area (Å²) in [7, 11) is 0. The number of hydrogen-bond donors (Lipinski definition) is 2. The minimum Gasteiger partial charge on any atom is -0.480 e. The Balaban J connectivity index is 2.69. The van der Waals surface area contributed by atoms with Crippen LogP contribution in [0, 0.1) is 0 Å². The van der Waals surface area contributed by atoms with E-state index in [1.54, 1.807) is 0 Å². The molecule has 1 fully saturated rings. The largest absolute Gasteiger partial charge is 0.480 e. The van der Waals surface area contributed by atoms with Gasteiger partial charge in [0.05, 0.1) is 0 Å². The molecule has 2 atom stereocenters. The molecule has 0 aromatic rings. The Hall–Kier alpha value is -0.430. The number of aliphatic carboxylic acids is 1. The van der Waals surface area contributed by atoms with Gasteiger partial charge in [-0.05, 0) is 6.42 Å². The number of nitrogens with two attached hydrogens (primary N) is 1. The van der Waals surface area contributed by atoms with E-state index in [4.69, 9.17) is 10.8 Å². The van der Waals surface area contributed by atoms with Crippen molar-refractivity contribution in [3.05, 3.63) is 0 Å². The molecule has 1 saturated heterocycles. The molecule has 0 amide bonds. The Morgan fingerprint density at radius 1 is 1.62 bits per heavy atom. The highest BCUT2D eigenvalue weighted by atomic mass is 32.2. The first-order valence-electron chi connectivity index (χ1n) is 3.46. The van der Waals surface area contributed by atoms with Gasteiger partial charge in [-0.1, -0.05) is 0 Å². The van der Waals surface area contributed by atoms with Crippen LogP contribution in [0.5, 0.6) is 0 Å². The fraction of sp³-hybridized carbons (Fsp3) is 0.833. The lowest BCUT2D eigenvalue weighted by atomic mass is 9.97. The number of carboxylic acid groups (broad SMARTS) is 1. The van der Waals surface area contributed by atoms with Crippen molar-refractivity contribution < 1.29 is 23.1 Å². The van der Waals surface area contributed by atoms with Crippen LogP contribution in [0.3, 0.4) is 0 Å². The maximum Gasteiger partial charge on any atom is 0.400 e. The summed E-state index contributed by atoms with van der Waals surface area (Å²) in [5.41, 5.74) is 3.55. The molecule has 0 saturated carbocycles. The monoisotopic (exact) mass is 215 g/mol. The van der Waals surface area contributed by atoms with Gasteiger partial charge in [-0.15, -0.1) is 11.8 Å². The van der Waals surface area contributed by atoms with Gasteiger partial charge in [-0.2, -0.15) is 13.2 Å². The Labute approximate surface area is 76.5 Å². The molecule has 1 aliphatic rings. The van der Waals surface area contributed by atoms with Crippen LogP contribution < -0.4 is 5.73 Å². The van der Waals surface area contributed by atoms with Crippen molar-refractivity contribution in [1.29, 1.82) is 0 Å². The SMILES string of the molecule is N[C@@]1(C(=O)O)CS[C@@H](C(F)(F)F)C1. The summed E-state index contributed by atoms with van der Waals surface area (Å²) in [6, 6.07) is 0. The number of hydrogen-bond acceptors (Lipinski definition) is 3. The lowest BCUT2D eigenvalue weighted by molar-refractivity contribution is -0.146. The van der Waals surface area contributed by atoms with E-state index in [2.05, 4.69) is 0 Å². The van der Waals surface area contributed by atoms with Gasteiger partial charge in [0.1, 0.15) is 10.8 Å². The summed E-state index contributed by atoms with van der Waals surface area (Å²) < 4.78 is 36.3. The predicted octanol–water partition coefficient (Wildman–Crippen LogP) is 0.836. The summed E-state index contributed by atoms with van der Waals surface area (Å²) >= 11 is 0.554. The molecule has 0 radical (unpaired) electrons. The molecule has 7 heteroatoms. The fourth-order valence-electron chi connectivity index (χ4n) is 1.06. The number of halogens is 3. The van der Waals surface area contributed by atoms with Crippen LogP contribution in [-0.4, -0.2) is 33.8 Å². The molecule has 76 valence electrons. The van der Waals surface area contributed by atoms with Gasteiger partial charge < -0.3 is 10.8 Å². The molecule has 1 rings (SSSR count). The minimum atomic E-state index is -4.36. The number of thioether (sulfide) groups is 1. The second-order valence-corrected chi connectivity index (χ2v) is 4.20. The van der Waals surface area contributed by atoms with Crippen molar-refractivity contribution in [2.75, 3.05) is 5.75 Å². The summed E-state index contributed by atoms with van der Waals surface area (Å²) in [4.78, 5) is 10.5. The van der Waals surface area contributed by atoms with Crippen LogP contribution in [-0.2, 0) is 4.79 Å². The smallest absolute Gasteiger partial charge is 0.400 e. The number of alkyl halides is 3. The molecular formula is C6H8F3NO2S. The third-order valence-electron chi connectivity index (χ3n) is 1.88. The van der Waals surface area contributed by atoms with Gasteiger partial charge in [0.25, 0.3) is 0 Å². The summed E-state index contributed by atoms with van der Waals surface area (Å²) in [5, 5.41) is 6.91. The standard InChI is InChI=1S/C6H8F3NO2S/c7-6(8,9)3-1-5(10,2-13-3)4(11)12/h3H,1-2,10H2,(H,11,12)/t3-,5-/m1/s1. The van der Waals surface area contributed by atoms with Crippen LogP contribution in [0.4, 0.5) is 13.2 Å². The van der Waals surface area contributed by atoms with Gasteiger partial charge in [-0.3, -0.25) is 4.79 Å². The second kappa shape index (κ2) is 3.06. The summed E-state index contributed by atoms with van der Waals surface area (Å²) in [6.07, 6.45) is -4.91. The molecule has 0 aromatic carbocycles. The third kappa shape index (κ3) is 2.08. The van der Waals surface area contributed by atoms with Gasteiger partial charge in [0, 0.05) is 5.75 Å². The van der Waals surface area contributed by atoms with E-state index in [0.29, 0.717) is 11.8 Å². The first-order chi connectivity index (χ1) is 5.76. The Kier molecular flexibility index (Phi) is 2.50. The number of carboxylic acids is 1. The molecule has 13 heavy (non-hydrogen) atoms. The molecule has 0 unspecified atom stereocenters. The zero-order chi connectivity index (χ0) is 10.3. The van der Waals surface area contributed by atoms with E-state index in [9.17, 15) is 18.0 Å². The highest BCUT2D eigenvalue weighted by molar-refractivity contribution is 8.00. The van der Waals surface area contributed by atoms with E-state index in [-0.39, 0.29) is 5.75 Å². The first kappa shape index (κ1) is 10.6. The quantitative estimate of drug-likeness (QED) is 0.680. The number of carbonyl (C=O) groups is 1. The average molecular weight is 215 g/mol. The van der Waals surface area contributed by atoms with E-state index in [1.807, 2.05) is 0 Å². The van der Waals surface area contributed by atoms with Gasteiger partial charge >= 0.3 is 12.1 Å². The zero-order valence-electron chi connectivity index (χ0n) is 6.47. The Morgan fingerprint density at radius 3 is 2.38 bits per heavy atom. The normalized spacial score (nSPS) is 34.9. The number of rotatable bonds is 1. The van der Waals surface area contributed by atoms with Crippen molar-refractivity contribution in [3.63, 3.8) is 0 Å². The maximum absolute atomic E-state index is 12.1. The van der Waals surface area contributed by atoms with Crippen LogP contribution in [0.2, 0.25) is 0 Å². The van der Waals surface area contributed by atoms with E-state index >= 15 is 0 Å². The minimum absolute atomic E-state index is 0.188. The molecule has 0 aliphatic carbocycles. The van der Waals surface area contributed by atoms with Crippen molar-refractivity contribution >= 4 is 17.7 Å². The van der Waals surface area contributed by atoms with E-state index < -0.39 is 29.4 Å². The van der Waals surface area contributed by atoms with Crippen molar-refractivity contribution in [2.24, 2.45) is 5.73 Å². The molecular weight excluding hydrogens is 207 g/mol. The van der Waals surface area contributed by atoms with Gasteiger partial charge in [0.2, 0.25) is 0 Å². The Bertz CT molecular complexity index is 232. The van der Waals surface area contributed by atoms with Crippen LogP contribution in [0.15, 0.2) is 0 Å². The molecule has 0 bridgehead atoms. The van der Waals surface area contributed by atoms with Gasteiger partial charge in [-0.25, -0.2) is 0 Å². The molecule has 0 spiro atoms. The van der Waals surface area contributed by atoms with E-state index in [0.717, 1.165) is 0 Å². The third-order valence-corrected chi connectivity index (χ3v) is 3.40. The first-order valence-corrected chi connectivity index (χ1v) is 4.51. The molecule has 0 aromatic heterocycles. The summed E-state index contributed by atoms with van der Waals surface area (Å²) in [6.45, 7) is 0. The lowest BCUT2D eigenvalue weighted by Gasteiger charge is -2.18. The average Bonchev–Trinajstić information content (AvgIpc) is 2.31. The van der Waals surface area contributed by atoms with Crippen molar-refractivity contribution in [3.8, 4) is 0 Å². The van der Waals surface area contributed by atoms with Crippen LogP contribution in [0.25, 0.3) is 0 Å². The van der Waals surface area contributed by atoms with Crippen LogP contribution in [0.1, 0.15) is 6.42 Å². The van der Waals surface area contributed by atoms with Crippen molar-refractivity contribution in [1.82, 2.24) is 0 Å². The zero-order valence-corrected chi connectivity index (χ0v) is 7.28. The molecule has 3 N–H and O–H groups in total. The molecule has 3 nitrogen and oxygen atoms in total. The highest BCUT2D eigenvalue weighted by Gasteiger charge is 2.52. The highest BCUT2D eigenvalue weighted by Crippen LogP contribution is 2.42. The summed E-state index contributed by atoms with van der Waals surface area (Å²) in [5.74, 6) is -1.56. The molecule has 1 aliphatic heterocycles. The van der Waals surface area contributed by atoms with Crippen molar-refractivity contribution in [2.45, 2.75) is 23.4 Å². The lowest BCUT2D eigenvalue weighted by Crippen LogP contribution is -2.49. The van der Waals surface area contributed by atoms with Gasteiger partial charge in [0.15, 0.2) is 0 Å². The van der Waals surface area contributed by atoms with E-state index in [1.165, 1.54) is 0 Å². The fourth-order valence-corrected chi connectivity index (χ4v) is 2.40. The van der Waals surface area contributed by atoms with Crippen LogP contribution >= 0.6 is 11.8 Å². The predicted molar refractivity (Wildman–Crippen MR) is 41.5 cm³/mol. The maximum atomic E-state index is 12.1. The molecule has 1 heterocycles.